The van der Waals surface area contributed by atoms with Gasteiger partial charge in [0.05, 0.1) is 19.3 Å². The van der Waals surface area contributed by atoms with Gasteiger partial charge in [0, 0.05) is 26.2 Å². The van der Waals surface area contributed by atoms with Crippen molar-refractivity contribution in [1.29, 1.82) is 0 Å². The Labute approximate surface area is 223 Å². The van der Waals surface area contributed by atoms with Crippen LogP contribution in [-0.4, -0.2) is 40.8 Å². The Balaban J connectivity index is 1.35. The number of hydrogen-bond acceptors (Lipinski definition) is 7. The zero-order chi connectivity index (χ0) is 25.7. The van der Waals surface area contributed by atoms with E-state index in [9.17, 15) is 18.4 Å². The largest absolute Gasteiger partial charge is 0.755 e. The normalized spacial score (nSPS) is 14.6. The second kappa shape index (κ2) is 11.9. The maximum atomic E-state index is 12.6. The number of halogens is 1. The third kappa shape index (κ3) is 7.09. The first-order chi connectivity index (χ1) is 17.3. The van der Waals surface area contributed by atoms with Gasteiger partial charge in [-0.2, -0.15) is 0 Å². The molecule has 2 atom stereocenters. The van der Waals surface area contributed by atoms with E-state index in [1.54, 1.807) is 40.6 Å². The van der Waals surface area contributed by atoms with Crippen LogP contribution >= 0.6 is 22.6 Å². The number of anilines is 2. The van der Waals surface area contributed by atoms with Crippen LogP contribution in [0.5, 0.6) is 0 Å². The topological polar surface area (TPSA) is 153 Å². The number of hydroxylamine groups is 1. The molecule has 2 unspecified atom stereocenters. The summed E-state index contributed by atoms with van der Waals surface area (Å²) >= 11 is -0.323. The molecule has 11 nitrogen and oxygen atoms in total. The van der Waals surface area contributed by atoms with Crippen LogP contribution in [-0.2, 0) is 33.9 Å². The summed E-state index contributed by atoms with van der Waals surface area (Å²) in [6.07, 6.45) is 4.06. The Morgan fingerprint density at radius 2 is 1.86 bits per heavy atom. The van der Waals surface area contributed by atoms with Crippen molar-refractivity contribution >= 4 is 57.0 Å². The molecule has 0 aliphatic heterocycles. The molecule has 190 valence electrons. The molecule has 4 rings (SSSR count). The quantitative estimate of drug-likeness (QED) is 0.0977. The first kappa shape index (κ1) is 26.2. The molecule has 0 saturated heterocycles. The van der Waals surface area contributed by atoms with Gasteiger partial charge in [0.2, 0.25) is 5.91 Å². The van der Waals surface area contributed by atoms with Crippen LogP contribution in [0.1, 0.15) is 30.5 Å². The zero-order valence-corrected chi connectivity index (χ0v) is 22.0. The maximum Gasteiger partial charge on any atom is 0.255 e. The number of nitrogens with zero attached hydrogens (tertiary/aromatic N) is 4. The van der Waals surface area contributed by atoms with Crippen molar-refractivity contribution in [3.8, 4) is 0 Å². The minimum absolute atomic E-state index is 0.0467. The van der Waals surface area contributed by atoms with E-state index in [0.717, 1.165) is 22.0 Å². The van der Waals surface area contributed by atoms with E-state index in [2.05, 4.69) is 38.2 Å². The van der Waals surface area contributed by atoms with E-state index >= 15 is 0 Å². The van der Waals surface area contributed by atoms with Gasteiger partial charge in [-0.15, -0.1) is 5.10 Å². The number of benzene rings is 2. The summed E-state index contributed by atoms with van der Waals surface area (Å²) in [7, 11) is 0. The van der Waals surface area contributed by atoms with Crippen molar-refractivity contribution in [2.75, 3.05) is 9.62 Å². The molecule has 1 saturated carbocycles. The van der Waals surface area contributed by atoms with E-state index in [-0.39, 0.29) is 6.54 Å². The molecule has 1 aromatic heterocycles. The molecule has 0 radical (unpaired) electrons. The highest BCUT2D eigenvalue weighted by molar-refractivity contribution is 14.1. The molecule has 1 aliphatic rings. The molecular formula is C23H24IN6O5S-. The van der Waals surface area contributed by atoms with Gasteiger partial charge in [0.15, 0.2) is 0 Å². The SMILES string of the molecule is O=C(NO)C(CC1CC1)C(=O)Nc1ccc(Cn2cc(CN(c3ccc(I)cc3)S(=O)[O-])nn2)cc1. The van der Waals surface area contributed by atoms with Crippen molar-refractivity contribution in [1.82, 2.24) is 20.5 Å². The number of nitrogens with one attached hydrogen (secondary N) is 2. The number of carbonyl (C=O) groups excluding carboxylic acids is 2. The first-order valence-corrected chi connectivity index (χ1v) is 13.3. The van der Waals surface area contributed by atoms with Gasteiger partial charge in [0.25, 0.3) is 5.91 Å². The van der Waals surface area contributed by atoms with Crippen molar-refractivity contribution in [2.24, 2.45) is 11.8 Å². The van der Waals surface area contributed by atoms with Crippen LogP contribution in [0.2, 0.25) is 0 Å². The smallest absolute Gasteiger partial charge is 0.255 e. The average molecular weight is 623 g/mol. The van der Waals surface area contributed by atoms with Gasteiger partial charge >= 0.3 is 0 Å². The molecular weight excluding hydrogens is 599 g/mol. The summed E-state index contributed by atoms with van der Waals surface area (Å²) in [5.41, 5.74) is 4.02. The highest BCUT2D eigenvalue weighted by Crippen LogP contribution is 2.35. The fourth-order valence-electron chi connectivity index (χ4n) is 3.68. The van der Waals surface area contributed by atoms with Gasteiger partial charge in [0.1, 0.15) is 11.6 Å². The maximum absolute atomic E-state index is 12.6. The lowest BCUT2D eigenvalue weighted by atomic mass is 10.0. The first-order valence-electron chi connectivity index (χ1n) is 11.2. The van der Waals surface area contributed by atoms with Crippen LogP contribution < -0.4 is 15.1 Å². The summed E-state index contributed by atoms with van der Waals surface area (Å²) in [5, 5.41) is 19.9. The van der Waals surface area contributed by atoms with Crippen molar-refractivity contribution in [3.63, 3.8) is 0 Å². The third-order valence-electron chi connectivity index (χ3n) is 5.76. The molecule has 36 heavy (non-hydrogen) atoms. The van der Waals surface area contributed by atoms with Gasteiger partial charge < -0.3 is 9.87 Å². The number of aromatic nitrogens is 3. The average Bonchev–Trinajstić information content (AvgIpc) is 3.59. The molecule has 0 bridgehead atoms. The molecule has 3 N–H and O–H groups in total. The number of hydrogen-bond donors (Lipinski definition) is 3. The predicted octanol–water partition coefficient (Wildman–Crippen LogP) is 2.59. The zero-order valence-electron chi connectivity index (χ0n) is 19.0. The number of amides is 2. The van der Waals surface area contributed by atoms with Crippen LogP contribution in [0, 0.1) is 15.4 Å². The van der Waals surface area contributed by atoms with Gasteiger partial charge in [-0.3, -0.25) is 23.3 Å². The number of carbonyl (C=O) groups is 2. The summed E-state index contributed by atoms with van der Waals surface area (Å²) in [5.74, 6) is -1.78. The molecule has 1 heterocycles. The minimum Gasteiger partial charge on any atom is -0.755 e. The number of rotatable bonds is 11. The molecule has 13 heteroatoms. The fraction of sp³-hybridized carbons (Fsp3) is 0.304. The van der Waals surface area contributed by atoms with Crippen molar-refractivity contribution < 1.29 is 23.6 Å². The van der Waals surface area contributed by atoms with E-state index < -0.39 is 29.0 Å². The Morgan fingerprint density at radius 3 is 2.47 bits per heavy atom. The van der Waals surface area contributed by atoms with Crippen molar-refractivity contribution in [3.05, 3.63) is 69.6 Å². The van der Waals surface area contributed by atoms with Gasteiger partial charge in [-0.1, -0.05) is 30.2 Å². The standard InChI is InChI=1S/C23H25IN6O5S/c24-17-5-9-20(10-6-17)30(36(34)35)14-19-13-29(28-26-19)12-16-3-7-18(8-4-16)25-22(31)21(23(32)27-33)11-15-1-2-15/h3-10,13,15,21,33H,1-2,11-12,14H2,(H,25,31)(H,27,32)(H,34,35)/p-1. The summed E-state index contributed by atoms with van der Waals surface area (Å²) in [6, 6.07) is 14.2. The van der Waals surface area contributed by atoms with E-state index in [4.69, 9.17) is 5.21 Å². The Hall–Kier alpha value is -2.88. The molecule has 1 aliphatic carbocycles. The summed E-state index contributed by atoms with van der Waals surface area (Å²) < 4.78 is 27.3. The van der Waals surface area contributed by atoms with Gasteiger partial charge in [-0.05, 0) is 76.9 Å². The molecule has 0 spiro atoms. The Kier molecular flexibility index (Phi) is 8.66. The molecule has 3 aromatic rings. The lowest BCUT2D eigenvalue weighted by molar-refractivity contribution is -0.139. The van der Waals surface area contributed by atoms with Crippen LogP contribution in [0.15, 0.2) is 54.7 Å². The lowest BCUT2D eigenvalue weighted by Gasteiger charge is -2.25. The molecule has 2 amide bonds. The highest BCUT2D eigenvalue weighted by Gasteiger charge is 2.34. The van der Waals surface area contributed by atoms with Crippen LogP contribution in [0.3, 0.4) is 0 Å². The fourth-order valence-corrected chi connectivity index (χ4v) is 4.57. The van der Waals surface area contributed by atoms with Crippen LogP contribution in [0.4, 0.5) is 11.4 Å². The molecule has 2 aromatic carbocycles. The summed E-state index contributed by atoms with van der Waals surface area (Å²) in [6.45, 7) is 0.438. The van der Waals surface area contributed by atoms with E-state index in [1.165, 1.54) is 4.31 Å². The van der Waals surface area contributed by atoms with Crippen LogP contribution in [0.25, 0.3) is 0 Å². The minimum atomic E-state index is -2.47. The lowest BCUT2D eigenvalue weighted by Crippen LogP contribution is -2.37. The third-order valence-corrected chi connectivity index (χ3v) is 7.18. The van der Waals surface area contributed by atoms with E-state index in [1.807, 2.05) is 24.3 Å². The second-order valence-corrected chi connectivity index (χ2v) is 10.7. The van der Waals surface area contributed by atoms with Crippen molar-refractivity contribution in [2.45, 2.75) is 32.4 Å². The van der Waals surface area contributed by atoms with E-state index in [0.29, 0.717) is 36.0 Å². The van der Waals surface area contributed by atoms with Gasteiger partial charge in [-0.25, -0.2) is 10.2 Å². The monoisotopic (exact) mass is 623 g/mol. The second-order valence-electron chi connectivity index (χ2n) is 8.53. The highest BCUT2D eigenvalue weighted by atomic mass is 127. The Bertz CT molecular complexity index is 1230. The molecule has 1 fully saturated rings. The summed E-state index contributed by atoms with van der Waals surface area (Å²) in [4.78, 5) is 24.4. The predicted molar refractivity (Wildman–Crippen MR) is 139 cm³/mol. The Morgan fingerprint density at radius 1 is 1.17 bits per heavy atom.